The standard InChI is InChI=1S/C18H34N2O3/c1-14-5-3-4-6-17(14)23-12-9-19-18(22)13-20-10-7-16(8-11-20)15(2)21/h14-17,21H,3-13H2,1-2H3,(H,19,22). The van der Waals surface area contributed by atoms with Gasteiger partial charge in [0.05, 0.1) is 25.4 Å². The molecule has 0 radical (unpaired) electrons. The SMILES string of the molecule is CC(O)C1CCN(CC(=O)NCCOC2CCCCC2C)CC1. The van der Waals surface area contributed by atoms with Crippen molar-refractivity contribution in [2.75, 3.05) is 32.8 Å². The summed E-state index contributed by atoms with van der Waals surface area (Å²) in [5.74, 6) is 1.12. The van der Waals surface area contributed by atoms with E-state index in [1.165, 1.54) is 19.3 Å². The lowest BCUT2D eigenvalue weighted by Crippen LogP contribution is -2.43. The van der Waals surface area contributed by atoms with E-state index in [2.05, 4.69) is 17.1 Å². The van der Waals surface area contributed by atoms with Crippen molar-refractivity contribution in [1.29, 1.82) is 0 Å². The van der Waals surface area contributed by atoms with Crippen molar-refractivity contribution in [1.82, 2.24) is 10.2 Å². The topological polar surface area (TPSA) is 61.8 Å². The van der Waals surface area contributed by atoms with Gasteiger partial charge >= 0.3 is 0 Å². The molecule has 0 spiro atoms. The van der Waals surface area contributed by atoms with Crippen molar-refractivity contribution in [3.05, 3.63) is 0 Å². The van der Waals surface area contributed by atoms with Crippen LogP contribution in [0.1, 0.15) is 52.4 Å². The Hall–Kier alpha value is -0.650. The van der Waals surface area contributed by atoms with Gasteiger partial charge in [-0.25, -0.2) is 0 Å². The molecule has 1 aliphatic heterocycles. The minimum atomic E-state index is -0.231. The molecule has 1 saturated heterocycles. The van der Waals surface area contributed by atoms with Crippen molar-refractivity contribution in [2.45, 2.75) is 64.6 Å². The van der Waals surface area contributed by atoms with Crippen LogP contribution in [0.15, 0.2) is 0 Å². The van der Waals surface area contributed by atoms with E-state index in [4.69, 9.17) is 4.74 Å². The summed E-state index contributed by atoms with van der Waals surface area (Å²) in [6.45, 7) is 7.61. The number of rotatable bonds is 7. The predicted octanol–water partition coefficient (Wildman–Crippen LogP) is 1.79. The molecule has 2 rings (SSSR count). The van der Waals surface area contributed by atoms with E-state index in [9.17, 15) is 9.90 Å². The predicted molar refractivity (Wildman–Crippen MR) is 91.2 cm³/mol. The van der Waals surface area contributed by atoms with E-state index < -0.39 is 0 Å². The highest BCUT2D eigenvalue weighted by molar-refractivity contribution is 5.77. The van der Waals surface area contributed by atoms with E-state index >= 15 is 0 Å². The van der Waals surface area contributed by atoms with Gasteiger partial charge in [0.1, 0.15) is 0 Å². The number of hydrogen-bond acceptors (Lipinski definition) is 4. The van der Waals surface area contributed by atoms with Gasteiger partial charge in [-0.3, -0.25) is 9.69 Å². The summed E-state index contributed by atoms with van der Waals surface area (Å²) >= 11 is 0. The number of aliphatic hydroxyl groups is 1. The largest absolute Gasteiger partial charge is 0.393 e. The second kappa shape index (κ2) is 9.60. The third kappa shape index (κ3) is 6.40. The monoisotopic (exact) mass is 326 g/mol. The zero-order valence-electron chi connectivity index (χ0n) is 14.8. The van der Waals surface area contributed by atoms with Crippen molar-refractivity contribution < 1.29 is 14.6 Å². The summed E-state index contributed by atoms with van der Waals surface area (Å²) in [4.78, 5) is 14.2. The van der Waals surface area contributed by atoms with E-state index in [-0.39, 0.29) is 12.0 Å². The van der Waals surface area contributed by atoms with E-state index in [1.54, 1.807) is 0 Å². The molecule has 0 aromatic rings. The number of likely N-dealkylation sites (tertiary alicyclic amines) is 1. The fraction of sp³-hybridized carbons (Fsp3) is 0.944. The summed E-state index contributed by atoms with van der Waals surface area (Å²) in [7, 11) is 0. The number of carbonyl (C=O) groups is 1. The van der Waals surface area contributed by atoms with Gasteiger partial charge < -0.3 is 15.2 Å². The van der Waals surface area contributed by atoms with Crippen LogP contribution in [-0.4, -0.2) is 60.9 Å². The highest BCUT2D eigenvalue weighted by Gasteiger charge is 2.24. The Labute approximate surface area is 140 Å². The quantitative estimate of drug-likeness (QED) is 0.700. The van der Waals surface area contributed by atoms with Crippen LogP contribution in [0.25, 0.3) is 0 Å². The van der Waals surface area contributed by atoms with Crippen LogP contribution in [0, 0.1) is 11.8 Å². The van der Waals surface area contributed by atoms with Crippen LogP contribution in [0.4, 0.5) is 0 Å². The zero-order chi connectivity index (χ0) is 16.7. The highest BCUT2D eigenvalue weighted by atomic mass is 16.5. The fourth-order valence-corrected chi connectivity index (χ4v) is 3.78. The molecule has 1 amide bonds. The number of ether oxygens (including phenoxy) is 1. The Kier molecular flexibility index (Phi) is 7.80. The van der Waals surface area contributed by atoms with Gasteiger partial charge in [0.2, 0.25) is 5.91 Å². The molecule has 2 aliphatic rings. The molecule has 0 aromatic carbocycles. The number of nitrogens with zero attached hydrogens (tertiary/aromatic N) is 1. The third-order valence-corrected chi connectivity index (χ3v) is 5.47. The van der Waals surface area contributed by atoms with Gasteiger partial charge in [-0.1, -0.05) is 19.8 Å². The number of nitrogens with one attached hydrogen (secondary N) is 1. The second-order valence-corrected chi connectivity index (χ2v) is 7.38. The molecular weight excluding hydrogens is 292 g/mol. The lowest BCUT2D eigenvalue weighted by molar-refractivity contribution is -0.123. The lowest BCUT2D eigenvalue weighted by Gasteiger charge is -2.32. The average Bonchev–Trinajstić information content (AvgIpc) is 2.53. The van der Waals surface area contributed by atoms with Crippen molar-refractivity contribution >= 4 is 5.91 Å². The van der Waals surface area contributed by atoms with Gasteiger partial charge in [0, 0.05) is 6.54 Å². The molecule has 1 aliphatic carbocycles. The maximum absolute atomic E-state index is 12.0. The van der Waals surface area contributed by atoms with Crippen LogP contribution in [0.5, 0.6) is 0 Å². The van der Waals surface area contributed by atoms with Gasteiger partial charge in [-0.2, -0.15) is 0 Å². The second-order valence-electron chi connectivity index (χ2n) is 7.38. The molecule has 3 atom stereocenters. The molecule has 5 heteroatoms. The molecule has 3 unspecified atom stereocenters. The molecular formula is C18H34N2O3. The number of carbonyl (C=O) groups excluding carboxylic acids is 1. The summed E-state index contributed by atoms with van der Waals surface area (Å²) in [5, 5.41) is 12.6. The number of aliphatic hydroxyl groups excluding tert-OH is 1. The molecule has 1 heterocycles. The molecule has 0 aromatic heterocycles. The highest BCUT2D eigenvalue weighted by Crippen LogP contribution is 2.26. The van der Waals surface area contributed by atoms with Crippen molar-refractivity contribution in [3.63, 3.8) is 0 Å². The number of piperidine rings is 1. The van der Waals surface area contributed by atoms with Crippen molar-refractivity contribution in [2.24, 2.45) is 11.8 Å². The van der Waals surface area contributed by atoms with Crippen LogP contribution >= 0.6 is 0 Å². The smallest absolute Gasteiger partial charge is 0.234 e. The first kappa shape index (κ1) is 18.7. The first-order valence-electron chi connectivity index (χ1n) is 9.35. The van der Waals surface area contributed by atoms with E-state index in [0.717, 1.165) is 32.4 Å². The fourth-order valence-electron chi connectivity index (χ4n) is 3.78. The third-order valence-electron chi connectivity index (χ3n) is 5.47. The first-order valence-corrected chi connectivity index (χ1v) is 9.35. The Morgan fingerprint density at radius 1 is 1.26 bits per heavy atom. The van der Waals surface area contributed by atoms with Crippen LogP contribution < -0.4 is 5.32 Å². The summed E-state index contributed by atoms with van der Waals surface area (Å²) in [5.41, 5.74) is 0. The number of amides is 1. The first-order chi connectivity index (χ1) is 11.1. The zero-order valence-corrected chi connectivity index (χ0v) is 14.8. The van der Waals surface area contributed by atoms with Crippen molar-refractivity contribution in [3.8, 4) is 0 Å². The van der Waals surface area contributed by atoms with Gasteiger partial charge in [0.25, 0.3) is 0 Å². The Morgan fingerprint density at radius 2 is 1.96 bits per heavy atom. The molecule has 1 saturated carbocycles. The Balaban J connectivity index is 1.53. The van der Waals surface area contributed by atoms with Crippen LogP contribution in [0.3, 0.4) is 0 Å². The maximum Gasteiger partial charge on any atom is 0.234 e. The molecule has 2 N–H and O–H groups in total. The average molecular weight is 326 g/mol. The normalized spacial score (nSPS) is 28.5. The van der Waals surface area contributed by atoms with Crippen LogP contribution in [0.2, 0.25) is 0 Å². The van der Waals surface area contributed by atoms with Crippen LogP contribution in [-0.2, 0) is 9.53 Å². The molecule has 2 fully saturated rings. The maximum atomic E-state index is 12.0. The molecule has 134 valence electrons. The number of hydrogen-bond donors (Lipinski definition) is 2. The van der Waals surface area contributed by atoms with E-state index in [1.807, 2.05) is 6.92 Å². The Morgan fingerprint density at radius 3 is 2.61 bits per heavy atom. The van der Waals surface area contributed by atoms with E-state index in [0.29, 0.717) is 37.6 Å². The lowest BCUT2D eigenvalue weighted by atomic mass is 9.88. The van der Waals surface area contributed by atoms with Gasteiger partial charge in [-0.15, -0.1) is 0 Å². The van der Waals surface area contributed by atoms with Gasteiger partial charge in [0.15, 0.2) is 0 Å². The molecule has 0 bridgehead atoms. The van der Waals surface area contributed by atoms with Gasteiger partial charge in [-0.05, 0) is 57.5 Å². The Bertz CT molecular complexity index is 354. The summed E-state index contributed by atoms with van der Waals surface area (Å²) in [6, 6.07) is 0. The molecule has 5 nitrogen and oxygen atoms in total. The summed E-state index contributed by atoms with van der Waals surface area (Å²) < 4.78 is 5.92. The minimum absolute atomic E-state index is 0.0841. The minimum Gasteiger partial charge on any atom is -0.393 e. The summed E-state index contributed by atoms with van der Waals surface area (Å²) in [6.07, 6.45) is 7.12. The molecule has 23 heavy (non-hydrogen) atoms.